The fourth-order valence-electron chi connectivity index (χ4n) is 1.31. The van der Waals surface area contributed by atoms with Crippen LogP contribution in [0.3, 0.4) is 0 Å². The van der Waals surface area contributed by atoms with E-state index in [-0.39, 0.29) is 6.54 Å². The molecule has 0 bridgehead atoms. The maximum atomic E-state index is 5.85. The van der Waals surface area contributed by atoms with Gasteiger partial charge in [-0.3, -0.25) is 0 Å². The number of nitrogens with zero attached hydrogens (tertiary/aromatic N) is 2. The average molecular weight is 224 g/mol. The Hall–Kier alpha value is -1.39. The third-order valence-electron chi connectivity index (χ3n) is 2.07. The van der Waals surface area contributed by atoms with Crippen LogP contribution in [0.4, 0.5) is 0 Å². The van der Waals surface area contributed by atoms with Gasteiger partial charge in [-0.2, -0.15) is 4.98 Å². The number of hydrogen-bond acceptors (Lipinski definition) is 4. The van der Waals surface area contributed by atoms with E-state index in [0.29, 0.717) is 16.7 Å². The molecule has 0 radical (unpaired) electrons. The van der Waals surface area contributed by atoms with Gasteiger partial charge in [-0.1, -0.05) is 16.8 Å². The molecule has 0 unspecified atom stereocenters. The number of halogens is 1. The smallest absolute Gasteiger partial charge is 0.258 e. The zero-order valence-corrected chi connectivity index (χ0v) is 8.95. The molecule has 0 aliphatic rings. The van der Waals surface area contributed by atoms with E-state index in [1.807, 2.05) is 19.1 Å². The molecule has 2 aromatic rings. The number of benzene rings is 1. The Bertz CT molecular complexity index is 481. The third kappa shape index (κ3) is 2.00. The second-order valence-electron chi connectivity index (χ2n) is 3.18. The van der Waals surface area contributed by atoms with Gasteiger partial charge >= 0.3 is 0 Å². The Labute approximate surface area is 92.0 Å². The van der Waals surface area contributed by atoms with Crippen LogP contribution >= 0.6 is 11.6 Å². The van der Waals surface area contributed by atoms with Crippen molar-refractivity contribution in [1.82, 2.24) is 10.1 Å². The van der Waals surface area contributed by atoms with Crippen molar-refractivity contribution < 1.29 is 4.52 Å². The monoisotopic (exact) mass is 223 g/mol. The Kier molecular flexibility index (Phi) is 2.70. The second kappa shape index (κ2) is 4.00. The maximum absolute atomic E-state index is 5.85. The highest BCUT2D eigenvalue weighted by atomic mass is 35.5. The van der Waals surface area contributed by atoms with Gasteiger partial charge in [-0.25, -0.2) is 0 Å². The minimum absolute atomic E-state index is 0.274. The van der Waals surface area contributed by atoms with Crippen molar-refractivity contribution in [2.24, 2.45) is 5.73 Å². The molecule has 15 heavy (non-hydrogen) atoms. The largest absolute Gasteiger partial charge is 0.334 e. The Balaban J connectivity index is 2.44. The molecule has 2 rings (SSSR count). The molecule has 1 heterocycles. The molecule has 5 heteroatoms. The third-order valence-corrected chi connectivity index (χ3v) is 2.30. The van der Waals surface area contributed by atoms with E-state index in [2.05, 4.69) is 10.1 Å². The minimum Gasteiger partial charge on any atom is -0.334 e. The molecule has 0 saturated heterocycles. The summed E-state index contributed by atoms with van der Waals surface area (Å²) in [5.41, 5.74) is 7.27. The first-order valence-corrected chi connectivity index (χ1v) is 4.87. The standard InChI is InChI=1S/C10H10ClN3O/c1-6-4-7(11)2-3-8(6)10-13-9(5-12)14-15-10/h2-4H,5,12H2,1H3. The molecular weight excluding hydrogens is 214 g/mol. The maximum Gasteiger partial charge on any atom is 0.258 e. The first-order chi connectivity index (χ1) is 7.20. The first kappa shape index (κ1) is 10.1. The molecule has 0 atom stereocenters. The molecule has 0 aliphatic carbocycles. The highest BCUT2D eigenvalue weighted by Gasteiger charge is 2.10. The van der Waals surface area contributed by atoms with E-state index in [0.717, 1.165) is 11.1 Å². The van der Waals surface area contributed by atoms with Crippen molar-refractivity contribution in [2.45, 2.75) is 13.5 Å². The van der Waals surface area contributed by atoms with Crippen LogP contribution in [0.5, 0.6) is 0 Å². The van der Waals surface area contributed by atoms with Crippen LogP contribution in [0.15, 0.2) is 22.7 Å². The highest BCUT2D eigenvalue weighted by Crippen LogP contribution is 2.24. The summed E-state index contributed by atoms with van der Waals surface area (Å²) in [6, 6.07) is 5.49. The second-order valence-corrected chi connectivity index (χ2v) is 3.62. The summed E-state index contributed by atoms with van der Waals surface area (Å²) in [6.45, 7) is 2.21. The van der Waals surface area contributed by atoms with E-state index >= 15 is 0 Å². The molecule has 1 aromatic heterocycles. The summed E-state index contributed by atoms with van der Waals surface area (Å²) in [6.07, 6.45) is 0. The molecule has 0 saturated carbocycles. The van der Waals surface area contributed by atoms with Gasteiger partial charge in [-0.15, -0.1) is 0 Å². The summed E-state index contributed by atoms with van der Waals surface area (Å²) in [4.78, 5) is 4.14. The van der Waals surface area contributed by atoms with Crippen LogP contribution < -0.4 is 5.73 Å². The van der Waals surface area contributed by atoms with Gasteiger partial charge in [0.25, 0.3) is 5.89 Å². The Morgan fingerprint density at radius 1 is 1.47 bits per heavy atom. The summed E-state index contributed by atoms with van der Waals surface area (Å²) in [7, 11) is 0. The molecule has 0 amide bonds. The summed E-state index contributed by atoms with van der Waals surface area (Å²) >= 11 is 5.85. The SMILES string of the molecule is Cc1cc(Cl)ccc1-c1nc(CN)no1. The number of aryl methyl sites for hydroxylation is 1. The van der Waals surface area contributed by atoms with E-state index in [4.69, 9.17) is 21.9 Å². The Morgan fingerprint density at radius 2 is 2.27 bits per heavy atom. The number of rotatable bonds is 2. The van der Waals surface area contributed by atoms with Crippen molar-refractivity contribution in [3.05, 3.63) is 34.6 Å². The molecule has 78 valence electrons. The van der Waals surface area contributed by atoms with Crippen LogP contribution in [0.2, 0.25) is 5.02 Å². The van der Waals surface area contributed by atoms with Crippen molar-refractivity contribution in [1.29, 1.82) is 0 Å². The summed E-state index contributed by atoms with van der Waals surface area (Å²) in [5, 5.41) is 4.42. The van der Waals surface area contributed by atoms with Crippen LogP contribution in [0.1, 0.15) is 11.4 Å². The number of nitrogens with two attached hydrogens (primary N) is 1. The topological polar surface area (TPSA) is 64.9 Å². The van der Waals surface area contributed by atoms with E-state index < -0.39 is 0 Å². The van der Waals surface area contributed by atoms with Crippen LogP contribution in [-0.2, 0) is 6.54 Å². The van der Waals surface area contributed by atoms with Crippen molar-refractivity contribution in [2.75, 3.05) is 0 Å². The fourth-order valence-corrected chi connectivity index (χ4v) is 1.54. The Morgan fingerprint density at radius 3 is 2.87 bits per heavy atom. The molecule has 2 N–H and O–H groups in total. The number of aromatic nitrogens is 2. The molecule has 1 aromatic carbocycles. The minimum atomic E-state index is 0.274. The quantitative estimate of drug-likeness (QED) is 0.847. The van der Waals surface area contributed by atoms with Gasteiger partial charge in [0.15, 0.2) is 5.82 Å². The van der Waals surface area contributed by atoms with E-state index in [1.54, 1.807) is 6.07 Å². The average Bonchev–Trinajstić information content (AvgIpc) is 2.66. The zero-order chi connectivity index (χ0) is 10.8. The zero-order valence-electron chi connectivity index (χ0n) is 8.20. The lowest BCUT2D eigenvalue weighted by Gasteiger charge is -1.99. The lowest BCUT2D eigenvalue weighted by Crippen LogP contribution is -1.97. The lowest BCUT2D eigenvalue weighted by molar-refractivity contribution is 0.422. The van der Waals surface area contributed by atoms with Crippen molar-refractivity contribution >= 4 is 11.6 Å². The molecule has 0 aliphatic heterocycles. The number of hydrogen-bond donors (Lipinski definition) is 1. The highest BCUT2D eigenvalue weighted by molar-refractivity contribution is 6.30. The molecule has 0 spiro atoms. The normalized spacial score (nSPS) is 10.6. The van der Waals surface area contributed by atoms with Gasteiger partial charge in [0.2, 0.25) is 0 Å². The predicted molar refractivity (Wildman–Crippen MR) is 57.4 cm³/mol. The van der Waals surface area contributed by atoms with Crippen LogP contribution in [-0.4, -0.2) is 10.1 Å². The first-order valence-electron chi connectivity index (χ1n) is 4.50. The summed E-state index contributed by atoms with van der Waals surface area (Å²) in [5.74, 6) is 0.976. The predicted octanol–water partition coefficient (Wildman–Crippen LogP) is 2.16. The van der Waals surface area contributed by atoms with E-state index in [1.165, 1.54) is 0 Å². The van der Waals surface area contributed by atoms with Crippen molar-refractivity contribution in [3.8, 4) is 11.5 Å². The van der Waals surface area contributed by atoms with Gasteiger partial charge in [-0.05, 0) is 30.7 Å². The van der Waals surface area contributed by atoms with Gasteiger partial charge < -0.3 is 10.3 Å². The van der Waals surface area contributed by atoms with Gasteiger partial charge in [0.05, 0.1) is 6.54 Å². The van der Waals surface area contributed by atoms with Gasteiger partial charge in [0.1, 0.15) is 0 Å². The lowest BCUT2D eigenvalue weighted by atomic mass is 10.1. The molecular formula is C10H10ClN3O. The van der Waals surface area contributed by atoms with Crippen LogP contribution in [0, 0.1) is 6.92 Å². The molecule has 4 nitrogen and oxygen atoms in total. The van der Waals surface area contributed by atoms with Crippen LogP contribution in [0.25, 0.3) is 11.5 Å². The van der Waals surface area contributed by atoms with Gasteiger partial charge in [0, 0.05) is 10.6 Å². The van der Waals surface area contributed by atoms with Crippen molar-refractivity contribution in [3.63, 3.8) is 0 Å². The fraction of sp³-hybridized carbons (Fsp3) is 0.200. The van der Waals surface area contributed by atoms with E-state index in [9.17, 15) is 0 Å². The summed E-state index contributed by atoms with van der Waals surface area (Å²) < 4.78 is 5.08. The molecule has 0 fully saturated rings.